The minimum atomic E-state index is -0.246. The molecular formula is C11H12N4O. The summed E-state index contributed by atoms with van der Waals surface area (Å²) in [5.41, 5.74) is 8.00. The van der Waals surface area contributed by atoms with Gasteiger partial charge in [0.15, 0.2) is 0 Å². The number of nitrogens with two attached hydrogens (primary N) is 1. The highest BCUT2D eigenvalue weighted by Crippen LogP contribution is 2.26. The van der Waals surface area contributed by atoms with Gasteiger partial charge in [-0.25, -0.2) is 4.52 Å². The lowest BCUT2D eigenvalue weighted by Crippen LogP contribution is -2.13. The van der Waals surface area contributed by atoms with Gasteiger partial charge in [0.2, 0.25) is 0 Å². The molecule has 1 aliphatic heterocycles. The molecule has 1 unspecified atom stereocenters. The van der Waals surface area contributed by atoms with Crippen LogP contribution in [0.1, 0.15) is 18.0 Å². The number of hydrogen-bond donors (Lipinski definition) is 1. The van der Waals surface area contributed by atoms with Gasteiger partial charge in [-0.1, -0.05) is 0 Å². The maximum atomic E-state index is 6.14. The maximum absolute atomic E-state index is 6.14. The van der Waals surface area contributed by atoms with Crippen LogP contribution in [0.4, 0.5) is 0 Å². The zero-order valence-corrected chi connectivity index (χ0v) is 8.71. The van der Waals surface area contributed by atoms with Crippen molar-refractivity contribution in [2.45, 2.75) is 12.5 Å². The molecule has 0 amide bonds. The number of nitrogens with zero attached hydrogens (tertiary/aromatic N) is 3. The molecule has 0 saturated heterocycles. The lowest BCUT2D eigenvalue weighted by molar-refractivity contribution is 0.225. The minimum Gasteiger partial charge on any atom is -0.496 e. The number of ether oxygens (including phenoxy) is 1. The molecule has 2 N–H and O–H groups in total. The summed E-state index contributed by atoms with van der Waals surface area (Å²) >= 11 is 0. The minimum absolute atomic E-state index is 0.246. The van der Waals surface area contributed by atoms with E-state index in [1.165, 1.54) is 0 Å². The van der Waals surface area contributed by atoms with Gasteiger partial charge >= 0.3 is 0 Å². The van der Waals surface area contributed by atoms with Crippen molar-refractivity contribution in [3.05, 3.63) is 42.2 Å². The van der Waals surface area contributed by atoms with Gasteiger partial charge < -0.3 is 10.5 Å². The molecule has 5 nitrogen and oxygen atoms in total. The van der Waals surface area contributed by atoms with Gasteiger partial charge in [-0.2, -0.15) is 5.10 Å². The SMILES string of the molecule is NC(C1=CCCO1)c1cnn2ccncc12. The van der Waals surface area contributed by atoms with Crippen molar-refractivity contribution in [3.8, 4) is 0 Å². The molecule has 0 fully saturated rings. The summed E-state index contributed by atoms with van der Waals surface area (Å²) in [4.78, 5) is 4.08. The summed E-state index contributed by atoms with van der Waals surface area (Å²) in [5.74, 6) is 0.832. The smallest absolute Gasteiger partial charge is 0.113 e. The highest BCUT2D eigenvalue weighted by Gasteiger charge is 2.20. The molecule has 0 radical (unpaired) electrons. The van der Waals surface area contributed by atoms with Gasteiger partial charge in [-0.3, -0.25) is 4.98 Å². The molecule has 0 spiro atoms. The first-order chi connectivity index (χ1) is 7.86. The summed E-state index contributed by atoms with van der Waals surface area (Å²) in [6.45, 7) is 0.723. The third-order valence-corrected chi connectivity index (χ3v) is 2.73. The quantitative estimate of drug-likeness (QED) is 0.814. The van der Waals surface area contributed by atoms with E-state index in [0.717, 1.165) is 29.9 Å². The summed E-state index contributed by atoms with van der Waals surface area (Å²) in [7, 11) is 0. The topological polar surface area (TPSA) is 65.4 Å². The van der Waals surface area contributed by atoms with Gasteiger partial charge in [-0.15, -0.1) is 0 Å². The molecule has 1 aliphatic rings. The number of rotatable bonds is 2. The number of aromatic nitrogens is 3. The van der Waals surface area contributed by atoms with Crippen LogP contribution in [0.5, 0.6) is 0 Å². The molecule has 2 aromatic rings. The Balaban J connectivity index is 2.05. The van der Waals surface area contributed by atoms with Crippen molar-refractivity contribution >= 4 is 5.52 Å². The molecular weight excluding hydrogens is 204 g/mol. The highest BCUT2D eigenvalue weighted by molar-refractivity contribution is 5.54. The van der Waals surface area contributed by atoms with Crippen LogP contribution in [0.2, 0.25) is 0 Å². The van der Waals surface area contributed by atoms with E-state index >= 15 is 0 Å². The zero-order valence-electron chi connectivity index (χ0n) is 8.71. The van der Waals surface area contributed by atoms with E-state index in [1.54, 1.807) is 29.3 Å². The van der Waals surface area contributed by atoms with Crippen LogP contribution >= 0.6 is 0 Å². The van der Waals surface area contributed by atoms with E-state index in [0.29, 0.717) is 0 Å². The molecule has 1 atom stereocenters. The van der Waals surface area contributed by atoms with E-state index in [-0.39, 0.29) is 6.04 Å². The fourth-order valence-electron chi connectivity index (χ4n) is 1.90. The normalized spacial score (nSPS) is 17.2. The summed E-state index contributed by atoms with van der Waals surface area (Å²) < 4.78 is 7.23. The second-order valence-electron chi connectivity index (χ2n) is 3.73. The van der Waals surface area contributed by atoms with Gasteiger partial charge in [-0.05, 0) is 6.08 Å². The first kappa shape index (κ1) is 9.35. The fourth-order valence-corrected chi connectivity index (χ4v) is 1.90. The number of fused-ring (bicyclic) bond motifs is 1. The van der Waals surface area contributed by atoms with Crippen LogP contribution in [0.15, 0.2) is 36.6 Å². The van der Waals surface area contributed by atoms with Crippen molar-refractivity contribution in [1.82, 2.24) is 14.6 Å². The van der Waals surface area contributed by atoms with Gasteiger partial charge in [0.05, 0.1) is 30.6 Å². The molecule has 0 aromatic carbocycles. The Kier molecular flexibility index (Phi) is 2.11. The predicted molar refractivity (Wildman–Crippen MR) is 58.6 cm³/mol. The summed E-state index contributed by atoms with van der Waals surface area (Å²) in [5, 5.41) is 4.23. The Labute approximate surface area is 92.5 Å². The van der Waals surface area contributed by atoms with Gasteiger partial charge in [0.1, 0.15) is 5.76 Å². The van der Waals surface area contributed by atoms with E-state index in [9.17, 15) is 0 Å². The van der Waals surface area contributed by atoms with Crippen LogP contribution in [-0.2, 0) is 4.74 Å². The Bertz CT molecular complexity index is 546. The Morgan fingerprint density at radius 1 is 1.44 bits per heavy atom. The van der Waals surface area contributed by atoms with Crippen LogP contribution < -0.4 is 5.73 Å². The van der Waals surface area contributed by atoms with Crippen molar-refractivity contribution in [1.29, 1.82) is 0 Å². The van der Waals surface area contributed by atoms with E-state index in [1.807, 2.05) is 6.08 Å². The third kappa shape index (κ3) is 1.37. The molecule has 3 heterocycles. The van der Waals surface area contributed by atoms with Crippen molar-refractivity contribution < 1.29 is 4.74 Å². The van der Waals surface area contributed by atoms with Crippen molar-refractivity contribution in [2.24, 2.45) is 5.73 Å². The molecule has 3 rings (SSSR count). The summed E-state index contributed by atoms with van der Waals surface area (Å²) in [6, 6.07) is -0.246. The summed E-state index contributed by atoms with van der Waals surface area (Å²) in [6.07, 6.45) is 9.99. The van der Waals surface area contributed by atoms with E-state index < -0.39 is 0 Å². The Morgan fingerprint density at radius 3 is 3.19 bits per heavy atom. The van der Waals surface area contributed by atoms with E-state index in [2.05, 4.69) is 10.1 Å². The molecule has 5 heteroatoms. The molecule has 82 valence electrons. The number of hydrogen-bond acceptors (Lipinski definition) is 4. The molecule has 16 heavy (non-hydrogen) atoms. The average molecular weight is 216 g/mol. The highest BCUT2D eigenvalue weighted by atomic mass is 16.5. The lowest BCUT2D eigenvalue weighted by atomic mass is 10.1. The van der Waals surface area contributed by atoms with Gasteiger partial charge in [0.25, 0.3) is 0 Å². The first-order valence-electron chi connectivity index (χ1n) is 5.22. The average Bonchev–Trinajstić information content (AvgIpc) is 2.98. The van der Waals surface area contributed by atoms with E-state index in [4.69, 9.17) is 10.5 Å². The monoisotopic (exact) mass is 216 g/mol. The second kappa shape index (κ2) is 3.61. The fraction of sp³-hybridized carbons (Fsp3) is 0.273. The van der Waals surface area contributed by atoms with Crippen LogP contribution in [0.25, 0.3) is 5.52 Å². The third-order valence-electron chi connectivity index (χ3n) is 2.73. The first-order valence-corrected chi connectivity index (χ1v) is 5.22. The standard InChI is InChI=1S/C11H12N4O/c12-11(10-2-1-5-16-10)8-6-14-15-4-3-13-7-9(8)15/h2-4,6-7,11H,1,5,12H2. The molecule has 2 aromatic heterocycles. The lowest BCUT2D eigenvalue weighted by Gasteiger charge is -2.11. The molecule has 0 saturated carbocycles. The van der Waals surface area contributed by atoms with Crippen LogP contribution in [0.3, 0.4) is 0 Å². The van der Waals surface area contributed by atoms with Crippen LogP contribution in [-0.4, -0.2) is 21.2 Å². The van der Waals surface area contributed by atoms with Crippen LogP contribution in [0, 0.1) is 0 Å². The maximum Gasteiger partial charge on any atom is 0.113 e. The Hall–Kier alpha value is -1.88. The Morgan fingerprint density at radius 2 is 2.38 bits per heavy atom. The zero-order chi connectivity index (χ0) is 11.0. The van der Waals surface area contributed by atoms with Gasteiger partial charge in [0, 0.05) is 24.4 Å². The second-order valence-corrected chi connectivity index (χ2v) is 3.73. The predicted octanol–water partition coefficient (Wildman–Crippen LogP) is 1.03. The molecule has 0 aliphatic carbocycles. The molecule has 0 bridgehead atoms. The van der Waals surface area contributed by atoms with Crippen molar-refractivity contribution in [2.75, 3.05) is 6.61 Å². The van der Waals surface area contributed by atoms with Crippen molar-refractivity contribution in [3.63, 3.8) is 0 Å². The largest absolute Gasteiger partial charge is 0.496 e.